The van der Waals surface area contributed by atoms with Crippen LogP contribution in [0, 0.1) is 6.92 Å². The number of ether oxygens (including phenoxy) is 1. The van der Waals surface area contributed by atoms with Gasteiger partial charge in [0.2, 0.25) is 5.91 Å². The van der Waals surface area contributed by atoms with E-state index in [0.717, 1.165) is 4.90 Å². The molecular weight excluding hydrogens is 378 g/mol. The van der Waals surface area contributed by atoms with Crippen LogP contribution in [-0.2, 0) is 15.1 Å². The number of alkyl halides is 2. The number of rotatable bonds is 6. The molecular formula is C17H16F2N4O5. The first-order valence-electron chi connectivity index (χ1n) is 8.11. The van der Waals surface area contributed by atoms with E-state index in [-0.39, 0.29) is 11.6 Å². The number of urea groups is 1. The second-order valence-electron chi connectivity index (χ2n) is 6.22. The van der Waals surface area contributed by atoms with E-state index in [1.54, 1.807) is 6.92 Å². The van der Waals surface area contributed by atoms with Crippen LogP contribution in [0.25, 0.3) is 0 Å². The Labute approximate surface area is 157 Å². The van der Waals surface area contributed by atoms with Crippen LogP contribution in [0.15, 0.2) is 34.9 Å². The zero-order valence-electron chi connectivity index (χ0n) is 14.9. The molecule has 28 heavy (non-hydrogen) atoms. The third-order valence-electron chi connectivity index (χ3n) is 4.13. The van der Waals surface area contributed by atoms with Gasteiger partial charge in [-0.2, -0.15) is 8.78 Å². The molecule has 0 bridgehead atoms. The third kappa shape index (κ3) is 3.77. The minimum atomic E-state index is -2.98. The summed E-state index contributed by atoms with van der Waals surface area (Å²) in [5.41, 5.74) is -1.10. The lowest BCUT2D eigenvalue weighted by Crippen LogP contribution is -2.42. The molecule has 0 spiro atoms. The minimum Gasteiger partial charge on any atom is -0.435 e. The molecule has 1 saturated heterocycles. The van der Waals surface area contributed by atoms with Gasteiger partial charge in [0.15, 0.2) is 5.82 Å². The molecule has 0 saturated carbocycles. The van der Waals surface area contributed by atoms with E-state index >= 15 is 0 Å². The van der Waals surface area contributed by atoms with Crippen LogP contribution in [0.5, 0.6) is 5.75 Å². The first-order valence-corrected chi connectivity index (χ1v) is 8.11. The Balaban J connectivity index is 1.72. The molecule has 11 heteroatoms. The monoisotopic (exact) mass is 394 g/mol. The Bertz CT molecular complexity index is 915. The van der Waals surface area contributed by atoms with Gasteiger partial charge in [0, 0.05) is 6.07 Å². The molecule has 2 N–H and O–H groups in total. The fourth-order valence-electron chi connectivity index (χ4n) is 2.76. The molecule has 1 aliphatic heterocycles. The van der Waals surface area contributed by atoms with Gasteiger partial charge >= 0.3 is 12.6 Å². The number of hydrogen-bond acceptors (Lipinski definition) is 6. The van der Waals surface area contributed by atoms with Crippen molar-refractivity contribution in [2.75, 3.05) is 11.9 Å². The third-order valence-corrected chi connectivity index (χ3v) is 4.13. The van der Waals surface area contributed by atoms with Crippen LogP contribution in [0.3, 0.4) is 0 Å². The van der Waals surface area contributed by atoms with Crippen LogP contribution in [0.2, 0.25) is 0 Å². The molecule has 9 nitrogen and oxygen atoms in total. The topological polar surface area (TPSA) is 114 Å². The van der Waals surface area contributed by atoms with Gasteiger partial charge < -0.3 is 19.9 Å². The van der Waals surface area contributed by atoms with E-state index in [0.29, 0.717) is 11.3 Å². The predicted molar refractivity (Wildman–Crippen MR) is 90.5 cm³/mol. The number of aryl methyl sites for hydroxylation is 1. The molecule has 0 unspecified atom stereocenters. The lowest BCUT2D eigenvalue weighted by molar-refractivity contribution is -0.133. The van der Waals surface area contributed by atoms with E-state index in [1.165, 1.54) is 37.3 Å². The number of aromatic nitrogens is 1. The summed E-state index contributed by atoms with van der Waals surface area (Å²) in [4.78, 5) is 37.9. The highest BCUT2D eigenvalue weighted by Gasteiger charge is 2.49. The highest BCUT2D eigenvalue weighted by molar-refractivity contribution is 6.10. The molecule has 1 aliphatic rings. The van der Waals surface area contributed by atoms with Crippen LogP contribution in [0.1, 0.15) is 18.2 Å². The summed E-state index contributed by atoms with van der Waals surface area (Å²) in [5.74, 6) is -0.740. The Morgan fingerprint density at radius 1 is 1.36 bits per heavy atom. The Hall–Kier alpha value is -3.50. The number of benzene rings is 1. The lowest BCUT2D eigenvalue weighted by Gasteiger charge is -2.22. The molecule has 3 rings (SSSR count). The van der Waals surface area contributed by atoms with E-state index in [1.807, 2.05) is 0 Å². The SMILES string of the molecule is Cc1cc(NC(=O)CN2C(=O)N[C@@](C)(c3ccc(OC(F)F)cc3)C2=O)no1. The van der Waals surface area contributed by atoms with Crippen molar-refractivity contribution in [1.82, 2.24) is 15.4 Å². The Morgan fingerprint density at radius 3 is 2.61 bits per heavy atom. The molecule has 0 aliphatic carbocycles. The fourth-order valence-corrected chi connectivity index (χ4v) is 2.76. The molecule has 2 heterocycles. The summed E-state index contributed by atoms with van der Waals surface area (Å²) in [6.07, 6.45) is 0. The van der Waals surface area contributed by atoms with Crippen LogP contribution < -0.4 is 15.4 Å². The van der Waals surface area contributed by atoms with E-state index < -0.39 is 36.5 Å². The maximum atomic E-state index is 12.8. The Morgan fingerprint density at radius 2 is 2.04 bits per heavy atom. The second kappa shape index (κ2) is 7.25. The lowest BCUT2D eigenvalue weighted by atomic mass is 9.92. The van der Waals surface area contributed by atoms with E-state index in [2.05, 4.69) is 20.5 Å². The van der Waals surface area contributed by atoms with Gasteiger partial charge in [-0.25, -0.2) is 4.79 Å². The zero-order valence-corrected chi connectivity index (χ0v) is 14.9. The highest BCUT2D eigenvalue weighted by atomic mass is 19.3. The predicted octanol–water partition coefficient (Wildman–Crippen LogP) is 1.99. The van der Waals surface area contributed by atoms with Gasteiger partial charge in [-0.15, -0.1) is 0 Å². The van der Waals surface area contributed by atoms with Crippen molar-refractivity contribution in [3.63, 3.8) is 0 Å². The molecule has 1 aromatic heterocycles. The summed E-state index contributed by atoms with van der Waals surface area (Å²) in [7, 11) is 0. The molecule has 0 radical (unpaired) electrons. The standard InChI is InChI=1S/C17H16F2N4O5/c1-9-7-12(22-28-9)20-13(24)8-23-14(25)17(2,21-16(23)26)10-3-5-11(6-4-10)27-15(18)19/h3-7,15H,8H2,1-2H3,(H,21,26)(H,20,22,24)/t17-/m0/s1. The summed E-state index contributed by atoms with van der Waals surface area (Å²) in [6.45, 7) is -0.409. The van der Waals surface area contributed by atoms with Crippen LogP contribution in [-0.4, -0.2) is 41.1 Å². The molecule has 1 aromatic carbocycles. The summed E-state index contributed by atoms with van der Waals surface area (Å²) in [5, 5.41) is 8.53. The van der Waals surface area contributed by atoms with Crippen LogP contribution >= 0.6 is 0 Å². The largest absolute Gasteiger partial charge is 0.435 e. The van der Waals surface area contributed by atoms with Crippen molar-refractivity contribution in [3.8, 4) is 5.75 Å². The quantitative estimate of drug-likeness (QED) is 0.725. The number of carbonyl (C=O) groups is 3. The number of nitrogens with zero attached hydrogens (tertiary/aromatic N) is 2. The first-order chi connectivity index (χ1) is 13.2. The second-order valence-corrected chi connectivity index (χ2v) is 6.22. The summed E-state index contributed by atoms with van der Waals surface area (Å²) < 4.78 is 33.6. The number of nitrogens with one attached hydrogen (secondary N) is 2. The van der Waals surface area contributed by atoms with Gasteiger partial charge in [-0.1, -0.05) is 17.3 Å². The van der Waals surface area contributed by atoms with Crippen molar-refractivity contribution in [3.05, 3.63) is 41.7 Å². The van der Waals surface area contributed by atoms with Gasteiger partial charge in [0.25, 0.3) is 5.91 Å². The molecule has 1 fully saturated rings. The van der Waals surface area contributed by atoms with Crippen molar-refractivity contribution in [1.29, 1.82) is 0 Å². The summed E-state index contributed by atoms with van der Waals surface area (Å²) >= 11 is 0. The van der Waals surface area contributed by atoms with Gasteiger partial charge in [0.05, 0.1) is 0 Å². The van der Waals surface area contributed by atoms with Gasteiger partial charge in [-0.05, 0) is 31.5 Å². The fraction of sp³-hybridized carbons (Fsp3) is 0.294. The van der Waals surface area contributed by atoms with Crippen molar-refractivity contribution < 1.29 is 32.4 Å². The van der Waals surface area contributed by atoms with Crippen molar-refractivity contribution in [2.24, 2.45) is 0 Å². The number of hydrogen-bond donors (Lipinski definition) is 2. The molecule has 148 valence electrons. The average molecular weight is 394 g/mol. The molecule has 1 atom stereocenters. The van der Waals surface area contributed by atoms with E-state index in [4.69, 9.17) is 4.52 Å². The number of anilines is 1. The summed E-state index contributed by atoms with van der Waals surface area (Å²) in [6, 6.07) is 6.02. The van der Waals surface area contributed by atoms with Crippen LogP contribution in [0.4, 0.5) is 19.4 Å². The first kappa shape index (κ1) is 19.3. The number of imide groups is 1. The minimum absolute atomic E-state index is 0.0849. The zero-order chi connectivity index (χ0) is 20.5. The average Bonchev–Trinajstić information content (AvgIpc) is 3.11. The number of halogens is 2. The smallest absolute Gasteiger partial charge is 0.387 e. The van der Waals surface area contributed by atoms with Crippen molar-refractivity contribution in [2.45, 2.75) is 26.0 Å². The Kier molecular flexibility index (Phi) is 4.99. The van der Waals surface area contributed by atoms with Gasteiger partial charge in [0.1, 0.15) is 23.6 Å². The molecule has 4 amide bonds. The van der Waals surface area contributed by atoms with Gasteiger partial charge in [-0.3, -0.25) is 14.5 Å². The van der Waals surface area contributed by atoms with E-state index in [9.17, 15) is 23.2 Å². The van der Waals surface area contributed by atoms with Crippen molar-refractivity contribution >= 4 is 23.7 Å². The number of amides is 4. The molecule has 2 aromatic rings. The normalized spacial score (nSPS) is 19.1. The maximum absolute atomic E-state index is 12.8. The highest BCUT2D eigenvalue weighted by Crippen LogP contribution is 2.30. The maximum Gasteiger partial charge on any atom is 0.387 e. The number of carbonyl (C=O) groups excluding carboxylic acids is 3.